The Bertz CT molecular complexity index is 411. The number of nitrogens with zero attached hydrogens (tertiary/aromatic N) is 3. The molecule has 0 aromatic carbocycles. The zero-order valence-corrected chi connectivity index (χ0v) is 14.3. The van der Waals surface area contributed by atoms with Gasteiger partial charge in [-0.15, -0.1) is 0 Å². The Balaban J connectivity index is 1.97. The Morgan fingerprint density at radius 2 is 2.00 bits per heavy atom. The molecule has 0 aliphatic carbocycles. The van der Waals surface area contributed by atoms with Crippen molar-refractivity contribution in [3.05, 3.63) is 0 Å². The zero-order chi connectivity index (χ0) is 16.3. The third-order valence-electron chi connectivity index (χ3n) is 5.30. The van der Waals surface area contributed by atoms with Gasteiger partial charge in [-0.05, 0) is 40.8 Å². The summed E-state index contributed by atoms with van der Waals surface area (Å²) >= 11 is 0. The van der Waals surface area contributed by atoms with Crippen LogP contribution in [0.3, 0.4) is 0 Å². The summed E-state index contributed by atoms with van der Waals surface area (Å²) in [4.78, 5) is 30.8. The molecule has 126 valence electrons. The topological polar surface area (TPSA) is 55.9 Å². The van der Waals surface area contributed by atoms with E-state index in [0.717, 1.165) is 32.5 Å². The van der Waals surface area contributed by atoms with E-state index in [-0.39, 0.29) is 29.9 Å². The third kappa shape index (κ3) is 3.43. The Morgan fingerprint density at radius 3 is 2.64 bits per heavy atom. The highest BCUT2D eigenvalue weighted by Gasteiger charge is 2.43. The maximum absolute atomic E-state index is 12.3. The molecule has 0 aromatic rings. The Morgan fingerprint density at radius 1 is 1.32 bits per heavy atom. The summed E-state index contributed by atoms with van der Waals surface area (Å²) in [6, 6.07) is 0.458. The fourth-order valence-electron chi connectivity index (χ4n) is 3.80. The smallest absolute Gasteiger partial charge is 0.239 e. The standard InChI is InChI=1S/C16H30N4O2/c1-5-20(6-2)14(21)8-7-12-11-17-16(22)15-13(19(12)4)9-10-18(15)3/h12-13,15H,5-11H2,1-4H3,(H,17,22). The van der Waals surface area contributed by atoms with Gasteiger partial charge in [-0.1, -0.05) is 0 Å². The van der Waals surface area contributed by atoms with E-state index in [0.29, 0.717) is 13.0 Å². The van der Waals surface area contributed by atoms with E-state index in [9.17, 15) is 9.59 Å². The van der Waals surface area contributed by atoms with E-state index >= 15 is 0 Å². The molecule has 6 heteroatoms. The van der Waals surface area contributed by atoms with Crippen molar-refractivity contribution in [1.29, 1.82) is 0 Å². The van der Waals surface area contributed by atoms with Gasteiger partial charge in [0.2, 0.25) is 11.8 Å². The van der Waals surface area contributed by atoms with Gasteiger partial charge in [0.05, 0.1) is 0 Å². The van der Waals surface area contributed by atoms with Crippen LogP contribution in [-0.2, 0) is 9.59 Å². The lowest BCUT2D eigenvalue weighted by Gasteiger charge is -2.32. The first-order valence-electron chi connectivity index (χ1n) is 8.47. The average Bonchev–Trinajstić information content (AvgIpc) is 2.84. The average molecular weight is 310 g/mol. The van der Waals surface area contributed by atoms with Gasteiger partial charge in [0.1, 0.15) is 6.04 Å². The van der Waals surface area contributed by atoms with Crippen LogP contribution in [0.15, 0.2) is 0 Å². The van der Waals surface area contributed by atoms with Gasteiger partial charge in [-0.3, -0.25) is 19.4 Å². The number of hydrogen-bond acceptors (Lipinski definition) is 4. The summed E-state index contributed by atoms with van der Waals surface area (Å²) < 4.78 is 0. The van der Waals surface area contributed by atoms with Crippen LogP contribution in [0.2, 0.25) is 0 Å². The predicted molar refractivity (Wildman–Crippen MR) is 86.5 cm³/mol. The fraction of sp³-hybridized carbons (Fsp3) is 0.875. The molecule has 0 bridgehead atoms. The molecule has 0 spiro atoms. The third-order valence-corrected chi connectivity index (χ3v) is 5.30. The molecule has 2 saturated heterocycles. The second-order valence-corrected chi connectivity index (χ2v) is 6.45. The van der Waals surface area contributed by atoms with E-state index in [4.69, 9.17) is 0 Å². The first kappa shape index (κ1) is 17.2. The highest BCUT2D eigenvalue weighted by Crippen LogP contribution is 2.25. The van der Waals surface area contributed by atoms with Crippen LogP contribution in [0.5, 0.6) is 0 Å². The SMILES string of the molecule is CCN(CC)C(=O)CCC1CNC(=O)C2C(CCN2C)N1C. The molecule has 1 N–H and O–H groups in total. The van der Waals surface area contributed by atoms with Crippen LogP contribution < -0.4 is 5.32 Å². The van der Waals surface area contributed by atoms with Crippen molar-refractivity contribution in [3.8, 4) is 0 Å². The Kier molecular flexibility index (Phi) is 5.81. The number of hydrogen-bond donors (Lipinski definition) is 1. The van der Waals surface area contributed by atoms with Gasteiger partial charge in [0.15, 0.2) is 0 Å². The van der Waals surface area contributed by atoms with Crippen LogP contribution >= 0.6 is 0 Å². The molecule has 3 atom stereocenters. The van der Waals surface area contributed by atoms with Gasteiger partial charge in [0.25, 0.3) is 0 Å². The Labute approximate surface area is 133 Å². The summed E-state index contributed by atoms with van der Waals surface area (Å²) in [6.07, 6.45) is 2.38. The van der Waals surface area contributed by atoms with Gasteiger partial charge < -0.3 is 10.2 Å². The molecule has 0 radical (unpaired) electrons. The Hall–Kier alpha value is -1.14. The van der Waals surface area contributed by atoms with Crippen molar-refractivity contribution in [2.45, 2.75) is 51.2 Å². The van der Waals surface area contributed by atoms with Gasteiger partial charge in [0, 0.05) is 44.7 Å². The molecule has 2 heterocycles. The lowest BCUT2D eigenvalue weighted by atomic mass is 10.0. The number of rotatable bonds is 5. The quantitative estimate of drug-likeness (QED) is 0.785. The predicted octanol–water partition coefficient (Wildman–Crippen LogP) is 0.138. The highest BCUT2D eigenvalue weighted by molar-refractivity contribution is 5.83. The fourth-order valence-corrected chi connectivity index (χ4v) is 3.80. The summed E-state index contributed by atoms with van der Waals surface area (Å²) in [5, 5.41) is 3.06. The zero-order valence-electron chi connectivity index (χ0n) is 14.3. The number of amides is 2. The summed E-state index contributed by atoms with van der Waals surface area (Å²) in [5.74, 6) is 0.350. The van der Waals surface area contributed by atoms with E-state index in [1.807, 2.05) is 25.8 Å². The van der Waals surface area contributed by atoms with E-state index < -0.39 is 0 Å². The van der Waals surface area contributed by atoms with Crippen LogP contribution in [0.25, 0.3) is 0 Å². The number of fused-ring (bicyclic) bond motifs is 1. The van der Waals surface area contributed by atoms with Crippen molar-refractivity contribution < 1.29 is 9.59 Å². The molecule has 6 nitrogen and oxygen atoms in total. The molecular weight excluding hydrogens is 280 g/mol. The maximum atomic E-state index is 12.3. The normalized spacial score (nSPS) is 29.8. The second kappa shape index (κ2) is 7.42. The maximum Gasteiger partial charge on any atom is 0.239 e. The molecule has 2 amide bonds. The first-order chi connectivity index (χ1) is 10.5. The molecule has 2 fully saturated rings. The largest absolute Gasteiger partial charge is 0.353 e. The monoisotopic (exact) mass is 310 g/mol. The summed E-state index contributed by atoms with van der Waals surface area (Å²) in [7, 11) is 4.12. The number of carbonyl (C=O) groups is 2. The minimum Gasteiger partial charge on any atom is -0.353 e. The van der Waals surface area contributed by atoms with Crippen LogP contribution in [-0.4, -0.2) is 84.9 Å². The molecule has 22 heavy (non-hydrogen) atoms. The molecule has 2 aliphatic rings. The molecule has 2 aliphatic heterocycles. The lowest BCUT2D eigenvalue weighted by molar-refractivity contribution is -0.131. The minimum atomic E-state index is -0.0477. The molecule has 3 unspecified atom stereocenters. The van der Waals surface area contributed by atoms with Crippen LogP contribution in [0, 0.1) is 0 Å². The van der Waals surface area contributed by atoms with Crippen molar-refractivity contribution in [3.63, 3.8) is 0 Å². The summed E-state index contributed by atoms with van der Waals surface area (Å²) in [6.45, 7) is 7.15. The minimum absolute atomic E-state index is 0.0477. The first-order valence-corrected chi connectivity index (χ1v) is 8.47. The second-order valence-electron chi connectivity index (χ2n) is 6.45. The number of carbonyl (C=O) groups excluding carboxylic acids is 2. The van der Waals surface area contributed by atoms with Gasteiger partial charge in [-0.2, -0.15) is 0 Å². The van der Waals surface area contributed by atoms with Crippen LogP contribution in [0.1, 0.15) is 33.1 Å². The molecule has 2 rings (SSSR count). The highest BCUT2D eigenvalue weighted by atomic mass is 16.2. The number of likely N-dealkylation sites (tertiary alicyclic amines) is 1. The van der Waals surface area contributed by atoms with Crippen molar-refractivity contribution in [2.24, 2.45) is 0 Å². The summed E-state index contributed by atoms with van der Waals surface area (Å²) in [5.41, 5.74) is 0. The molecule has 0 saturated carbocycles. The number of likely N-dealkylation sites (N-methyl/N-ethyl adjacent to an activating group) is 2. The lowest BCUT2D eigenvalue weighted by Crippen LogP contribution is -2.48. The molecular formula is C16H30N4O2. The van der Waals surface area contributed by atoms with Gasteiger partial charge in [-0.25, -0.2) is 0 Å². The van der Waals surface area contributed by atoms with E-state index in [1.54, 1.807) is 0 Å². The van der Waals surface area contributed by atoms with Crippen molar-refractivity contribution in [1.82, 2.24) is 20.0 Å². The van der Waals surface area contributed by atoms with Gasteiger partial charge >= 0.3 is 0 Å². The molecule has 0 aromatic heterocycles. The van der Waals surface area contributed by atoms with E-state index in [2.05, 4.69) is 22.2 Å². The number of nitrogens with one attached hydrogen (secondary N) is 1. The van der Waals surface area contributed by atoms with E-state index in [1.165, 1.54) is 0 Å². The van der Waals surface area contributed by atoms with Crippen LogP contribution in [0.4, 0.5) is 0 Å². The van der Waals surface area contributed by atoms with Crippen molar-refractivity contribution >= 4 is 11.8 Å². The van der Waals surface area contributed by atoms with Crippen molar-refractivity contribution in [2.75, 3.05) is 40.3 Å².